The van der Waals surface area contributed by atoms with E-state index in [4.69, 9.17) is 9.15 Å². The van der Waals surface area contributed by atoms with Crippen LogP contribution in [0.3, 0.4) is 0 Å². The lowest BCUT2D eigenvalue weighted by atomic mass is 9.87. The van der Waals surface area contributed by atoms with E-state index in [9.17, 15) is 4.79 Å². The summed E-state index contributed by atoms with van der Waals surface area (Å²) in [6.45, 7) is 8.73. The molecule has 2 aromatic rings. The first-order chi connectivity index (χ1) is 11.3. The number of hydrogen-bond donors (Lipinski definition) is 0. The first-order valence-electron chi connectivity index (χ1n) is 8.05. The normalized spacial score (nSPS) is 14.1. The van der Waals surface area contributed by atoms with Crippen molar-refractivity contribution in [3.8, 4) is 5.75 Å². The summed E-state index contributed by atoms with van der Waals surface area (Å²) in [6.07, 6.45) is 2.04. The van der Waals surface area contributed by atoms with Crippen LogP contribution < -0.4 is 10.2 Å². The molecule has 24 heavy (non-hydrogen) atoms. The van der Waals surface area contributed by atoms with Crippen molar-refractivity contribution in [2.45, 2.75) is 38.2 Å². The summed E-state index contributed by atoms with van der Waals surface area (Å²) in [5.41, 5.74) is 2.93. The molecule has 0 unspecified atom stereocenters. The Morgan fingerprint density at radius 2 is 1.92 bits per heavy atom. The van der Waals surface area contributed by atoms with Crippen molar-refractivity contribution >= 4 is 17.3 Å². The van der Waals surface area contributed by atoms with Gasteiger partial charge in [0.2, 0.25) is 0 Å². The van der Waals surface area contributed by atoms with Crippen LogP contribution in [0.25, 0.3) is 5.57 Å². The summed E-state index contributed by atoms with van der Waals surface area (Å²) in [5.74, 6) is 2.24. The van der Waals surface area contributed by atoms with E-state index in [2.05, 4.69) is 32.9 Å². The highest BCUT2D eigenvalue weighted by Gasteiger charge is 2.20. The van der Waals surface area contributed by atoms with Crippen molar-refractivity contribution in [3.05, 3.63) is 63.5 Å². The molecule has 0 N–H and O–H groups in total. The molecule has 0 fully saturated rings. The summed E-state index contributed by atoms with van der Waals surface area (Å²) < 4.78 is 11.6. The van der Waals surface area contributed by atoms with E-state index < -0.39 is 0 Å². The molecule has 0 bridgehead atoms. The Hall–Kier alpha value is -1.94. The summed E-state index contributed by atoms with van der Waals surface area (Å²) in [7, 11) is 0. The SMILES string of the molecule is Cc1cc(=O)c2c(o1)SCC=C2COc1ccc(C(C)(C)C)cc1. The van der Waals surface area contributed by atoms with Crippen molar-refractivity contribution in [1.29, 1.82) is 0 Å². The van der Waals surface area contributed by atoms with Gasteiger partial charge in [0.25, 0.3) is 0 Å². The molecule has 0 saturated carbocycles. The Labute approximate surface area is 146 Å². The lowest BCUT2D eigenvalue weighted by Gasteiger charge is -2.20. The van der Waals surface area contributed by atoms with Crippen LogP contribution in [-0.4, -0.2) is 12.4 Å². The maximum absolute atomic E-state index is 12.3. The van der Waals surface area contributed by atoms with Crippen LogP contribution in [0.15, 0.2) is 50.7 Å². The number of fused-ring (bicyclic) bond motifs is 1. The Balaban J connectivity index is 1.77. The Morgan fingerprint density at radius 3 is 2.58 bits per heavy atom. The second kappa shape index (κ2) is 6.52. The number of hydrogen-bond acceptors (Lipinski definition) is 4. The fraction of sp³-hybridized carbons (Fsp3) is 0.350. The smallest absolute Gasteiger partial charge is 0.193 e. The van der Waals surface area contributed by atoms with E-state index in [1.165, 1.54) is 11.6 Å². The number of rotatable bonds is 3. The van der Waals surface area contributed by atoms with E-state index in [-0.39, 0.29) is 10.8 Å². The largest absolute Gasteiger partial charge is 0.489 e. The monoisotopic (exact) mass is 342 g/mol. The van der Waals surface area contributed by atoms with Gasteiger partial charge in [-0.25, -0.2) is 0 Å². The fourth-order valence-electron chi connectivity index (χ4n) is 2.64. The molecule has 1 aromatic carbocycles. The van der Waals surface area contributed by atoms with Gasteiger partial charge in [-0.15, -0.1) is 0 Å². The molecule has 0 radical (unpaired) electrons. The predicted octanol–water partition coefficient (Wildman–Crippen LogP) is 4.81. The molecule has 3 nitrogen and oxygen atoms in total. The van der Waals surface area contributed by atoms with E-state index in [0.717, 1.165) is 17.1 Å². The number of benzene rings is 1. The standard InChI is InChI=1S/C20H22O3S/c1-13-11-17(21)18-14(9-10-24-19(18)23-13)12-22-16-7-5-15(6-8-16)20(2,3)4/h5-9,11H,10,12H2,1-4H3. The van der Waals surface area contributed by atoms with Gasteiger partial charge in [0.1, 0.15) is 18.1 Å². The van der Waals surface area contributed by atoms with Gasteiger partial charge < -0.3 is 9.15 Å². The topological polar surface area (TPSA) is 39.4 Å². The third-order valence-corrected chi connectivity index (χ3v) is 4.90. The van der Waals surface area contributed by atoms with E-state index in [0.29, 0.717) is 23.0 Å². The van der Waals surface area contributed by atoms with E-state index in [1.54, 1.807) is 18.7 Å². The van der Waals surface area contributed by atoms with Gasteiger partial charge in [0.05, 0.1) is 5.56 Å². The highest BCUT2D eigenvalue weighted by molar-refractivity contribution is 7.99. The maximum Gasteiger partial charge on any atom is 0.193 e. The summed E-state index contributed by atoms with van der Waals surface area (Å²) in [6, 6.07) is 9.68. The molecule has 126 valence electrons. The highest BCUT2D eigenvalue weighted by atomic mass is 32.2. The molecular formula is C20H22O3S. The maximum atomic E-state index is 12.3. The van der Waals surface area contributed by atoms with Crippen molar-refractivity contribution in [3.63, 3.8) is 0 Å². The number of thioether (sulfide) groups is 1. The van der Waals surface area contributed by atoms with Gasteiger partial charge in [0, 0.05) is 17.4 Å². The Morgan fingerprint density at radius 1 is 1.21 bits per heavy atom. The molecule has 0 spiro atoms. The fourth-order valence-corrected chi connectivity index (χ4v) is 3.64. The third kappa shape index (κ3) is 3.59. The number of ether oxygens (including phenoxy) is 1. The third-order valence-electron chi connectivity index (χ3n) is 4.02. The molecular weight excluding hydrogens is 320 g/mol. The second-order valence-electron chi connectivity index (χ2n) is 6.99. The van der Waals surface area contributed by atoms with E-state index in [1.807, 2.05) is 18.2 Å². The van der Waals surface area contributed by atoms with Crippen molar-refractivity contribution in [2.24, 2.45) is 0 Å². The quantitative estimate of drug-likeness (QED) is 0.802. The second-order valence-corrected chi connectivity index (χ2v) is 7.98. The van der Waals surface area contributed by atoms with Gasteiger partial charge >= 0.3 is 0 Å². The molecule has 3 rings (SSSR count). The minimum atomic E-state index is -0.00104. The molecule has 1 aliphatic heterocycles. The molecule has 4 heteroatoms. The number of aryl methyl sites for hydroxylation is 1. The van der Waals surface area contributed by atoms with Crippen LogP contribution in [0.2, 0.25) is 0 Å². The summed E-state index contributed by atoms with van der Waals surface area (Å²) >= 11 is 1.55. The van der Waals surface area contributed by atoms with E-state index >= 15 is 0 Å². The Kier molecular flexibility index (Phi) is 4.59. The molecule has 0 atom stereocenters. The van der Waals surface area contributed by atoms with Gasteiger partial charge in [0.15, 0.2) is 10.5 Å². The molecule has 2 heterocycles. The van der Waals surface area contributed by atoms with Gasteiger partial charge in [-0.05, 0) is 30.0 Å². The van der Waals surface area contributed by atoms with Gasteiger partial charge in [-0.3, -0.25) is 4.79 Å². The van der Waals surface area contributed by atoms with Crippen LogP contribution in [0.5, 0.6) is 5.75 Å². The van der Waals surface area contributed by atoms with Gasteiger partial charge in [-0.1, -0.05) is 50.7 Å². The lowest BCUT2D eigenvalue weighted by molar-refractivity contribution is 0.365. The zero-order chi connectivity index (χ0) is 17.3. The van der Waals surface area contributed by atoms with Crippen LogP contribution in [0.4, 0.5) is 0 Å². The van der Waals surface area contributed by atoms with Crippen molar-refractivity contribution < 1.29 is 9.15 Å². The minimum absolute atomic E-state index is 0.00104. The summed E-state index contributed by atoms with van der Waals surface area (Å²) in [4.78, 5) is 12.3. The van der Waals surface area contributed by atoms with Crippen molar-refractivity contribution in [2.75, 3.05) is 12.4 Å². The molecule has 1 aromatic heterocycles. The zero-order valence-electron chi connectivity index (χ0n) is 14.5. The molecule has 1 aliphatic rings. The van der Waals surface area contributed by atoms with Crippen LogP contribution in [0, 0.1) is 6.92 Å². The molecule has 0 saturated heterocycles. The average molecular weight is 342 g/mol. The molecule has 0 amide bonds. The zero-order valence-corrected chi connectivity index (χ0v) is 15.3. The molecule has 0 aliphatic carbocycles. The average Bonchev–Trinajstić information content (AvgIpc) is 2.52. The first kappa shape index (κ1) is 16.9. The van der Waals surface area contributed by atoms with Crippen LogP contribution in [-0.2, 0) is 5.41 Å². The minimum Gasteiger partial charge on any atom is -0.489 e. The summed E-state index contributed by atoms with van der Waals surface area (Å²) in [5, 5.41) is 0.698. The van der Waals surface area contributed by atoms with Crippen LogP contribution in [0.1, 0.15) is 37.7 Å². The van der Waals surface area contributed by atoms with Gasteiger partial charge in [-0.2, -0.15) is 0 Å². The first-order valence-corrected chi connectivity index (χ1v) is 9.03. The van der Waals surface area contributed by atoms with Crippen molar-refractivity contribution in [1.82, 2.24) is 0 Å². The predicted molar refractivity (Wildman–Crippen MR) is 99.1 cm³/mol. The Bertz CT molecular complexity index is 823. The highest BCUT2D eigenvalue weighted by Crippen LogP contribution is 2.32. The van der Waals surface area contributed by atoms with Crippen LogP contribution >= 0.6 is 11.8 Å². The lowest BCUT2D eigenvalue weighted by Crippen LogP contribution is -2.15.